The Kier molecular flexibility index (Phi) is 4.42. The van der Waals surface area contributed by atoms with Gasteiger partial charge in [0.25, 0.3) is 0 Å². The van der Waals surface area contributed by atoms with E-state index in [0.717, 1.165) is 32.7 Å². The minimum absolute atomic E-state index is 0.00341. The summed E-state index contributed by atoms with van der Waals surface area (Å²) in [4.78, 5) is 8.86. The molecule has 2 rings (SSSR count). The molecule has 0 radical (unpaired) electrons. The van der Waals surface area contributed by atoms with Crippen LogP contribution in [0.3, 0.4) is 0 Å². The van der Waals surface area contributed by atoms with E-state index in [9.17, 15) is 0 Å². The molecule has 3 nitrogen and oxygen atoms in total. The van der Waals surface area contributed by atoms with Crippen molar-refractivity contribution in [1.29, 1.82) is 0 Å². The first kappa shape index (κ1) is 15.1. The Bertz CT molecular complexity index is 584. The van der Waals surface area contributed by atoms with Gasteiger partial charge in [-0.3, -0.25) is 0 Å². The zero-order valence-electron chi connectivity index (χ0n) is 11.7. The van der Waals surface area contributed by atoms with Crippen molar-refractivity contribution in [3.05, 3.63) is 27.0 Å². The van der Waals surface area contributed by atoms with Crippen molar-refractivity contribution < 1.29 is 4.42 Å². The average molecular weight is 361 g/mol. The van der Waals surface area contributed by atoms with Crippen LogP contribution in [-0.2, 0) is 11.2 Å². The van der Waals surface area contributed by atoms with Gasteiger partial charge in [0.1, 0.15) is 5.76 Å². The van der Waals surface area contributed by atoms with Crippen LogP contribution in [0.4, 0.5) is 0 Å². The summed E-state index contributed by atoms with van der Waals surface area (Å²) in [5.41, 5.74) is 2.05. The molecule has 0 aromatic carbocycles. The number of oxazole rings is 1. The molecular formula is C13H17BrN2OS2. The Labute approximate surface area is 130 Å². The van der Waals surface area contributed by atoms with Gasteiger partial charge in [-0.05, 0) is 29.8 Å². The molecule has 2 heterocycles. The van der Waals surface area contributed by atoms with Crippen LogP contribution in [0, 0.1) is 13.8 Å². The quantitative estimate of drug-likeness (QED) is 0.713. The number of halogens is 1. The highest BCUT2D eigenvalue weighted by Crippen LogP contribution is 2.35. The van der Waals surface area contributed by atoms with Gasteiger partial charge in [0.2, 0.25) is 5.89 Å². The van der Waals surface area contributed by atoms with E-state index >= 15 is 0 Å². The molecule has 0 bridgehead atoms. The third kappa shape index (κ3) is 3.61. The molecule has 0 fully saturated rings. The van der Waals surface area contributed by atoms with E-state index in [1.807, 2.05) is 13.8 Å². The van der Waals surface area contributed by atoms with Gasteiger partial charge in [-0.1, -0.05) is 20.8 Å². The van der Waals surface area contributed by atoms with Gasteiger partial charge in [-0.25, -0.2) is 9.97 Å². The molecule has 0 unspecified atom stereocenters. The second kappa shape index (κ2) is 5.58. The van der Waals surface area contributed by atoms with Gasteiger partial charge < -0.3 is 4.42 Å². The Balaban J connectivity index is 2.11. The summed E-state index contributed by atoms with van der Waals surface area (Å²) in [6, 6.07) is 0. The van der Waals surface area contributed by atoms with E-state index in [-0.39, 0.29) is 5.41 Å². The van der Waals surface area contributed by atoms with E-state index in [1.165, 1.54) is 4.21 Å². The first-order chi connectivity index (χ1) is 8.77. The topological polar surface area (TPSA) is 38.9 Å². The van der Waals surface area contributed by atoms with Crippen LogP contribution in [-0.4, -0.2) is 9.97 Å². The van der Waals surface area contributed by atoms with Crippen molar-refractivity contribution in [2.24, 2.45) is 0 Å². The largest absolute Gasteiger partial charge is 0.444 e. The van der Waals surface area contributed by atoms with Crippen LogP contribution < -0.4 is 0 Å². The van der Waals surface area contributed by atoms with E-state index in [0.29, 0.717) is 0 Å². The first-order valence-electron chi connectivity index (χ1n) is 6.00. The van der Waals surface area contributed by atoms with E-state index in [1.54, 1.807) is 23.1 Å². The molecule has 19 heavy (non-hydrogen) atoms. The van der Waals surface area contributed by atoms with E-state index < -0.39 is 0 Å². The van der Waals surface area contributed by atoms with Crippen LogP contribution in [0.5, 0.6) is 0 Å². The Morgan fingerprint density at radius 3 is 2.37 bits per heavy atom. The van der Waals surface area contributed by atoms with Crippen LogP contribution >= 0.6 is 39.0 Å². The van der Waals surface area contributed by atoms with Gasteiger partial charge in [0, 0.05) is 5.41 Å². The lowest BCUT2D eigenvalue weighted by molar-refractivity contribution is 0.389. The summed E-state index contributed by atoms with van der Waals surface area (Å²) in [5, 5.41) is 0. The summed E-state index contributed by atoms with van der Waals surface area (Å²) >= 11 is 6.78. The summed E-state index contributed by atoms with van der Waals surface area (Å²) in [5.74, 6) is 2.51. The zero-order chi connectivity index (χ0) is 14.2. The number of hydrogen-bond acceptors (Lipinski definition) is 5. The third-order valence-electron chi connectivity index (χ3n) is 2.58. The standard InChI is InChI=1S/C13H17BrN2OS2/c1-7-10(13(3,4)5)17-9(15-7)6-18-11-8(2)16-12(14)19-11/h6H2,1-5H3. The molecule has 2 aromatic heterocycles. The monoisotopic (exact) mass is 360 g/mol. The molecule has 0 spiro atoms. The van der Waals surface area contributed by atoms with Gasteiger partial charge >= 0.3 is 0 Å². The van der Waals surface area contributed by atoms with Crippen molar-refractivity contribution in [1.82, 2.24) is 9.97 Å². The minimum atomic E-state index is 0.00341. The molecule has 0 saturated carbocycles. The molecule has 2 aromatic rings. The van der Waals surface area contributed by atoms with Crippen LogP contribution in [0.25, 0.3) is 0 Å². The van der Waals surface area contributed by atoms with Crippen molar-refractivity contribution in [3.63, 3.8) is 0 Å². The summed E-state index contributed by atoms with van der Waals surface area (Å²) < 4.78 is 8.02. The van der Waals surface area contributed by atoms with Crippen molar-refractivity contribution >= 4 is 39.0 Å². The molecule has 0 aliphatic carbocycles. The second-order valence-corrected chi connectivity index (χ2v) is 8.92. The summed E-state index contributed by atoms with van der Waals surface area (Å²) in [6.45, 7) is 10.4. The number of thioether (sulfide) groups is 1. The third-order valence-corrected chi connectivity index (χ3v) is 5.53. The summed E-state index contributed by atoms with van der Waals surface area (Å²) in [7, 11) is 0. The number of nitrogens with zero attached hydrogens (tertiary/aromatic N) is 2. The van der Waals surface area contributed by atoms with Gasteiger partial charge in [-0.15, -0.1) is 23.1 Å². The predicted octanol–water partition coefficient (Wildman–Crippen LogP) is 5.10. The highest BCUT2D eigenvalue weighted by atomic mass is 79.9. The number of aryl methyl sites for hydroxylation is 2. The molecule has 0 aliphatic rings. The smallest absolute Gasteiger partial charge is 0.205 e. The number of rotatable bonds is 3. The average Bonchev–Trinajstić information content (AvgIpc) is 2.78. The molecule has 0 amide bonds. The highest BCUT2D eigenvalue weighted by Gasteiger charge is 2.23. The van der Waals surface area contributed by atoms with Crippen molar-refractivity contribution in [3.8, 4) is 0 Å². The first-order valence-corrected chi connectivity index (χ1v) is 8.59. The lowest BCUT2D eigenvalue weighted by atomic mass is 9.92. The van der Waals surface area contributed by atoms with E-state index in [2.05, 4.69) is 46.7 Å². The molecule has 0 N–H and O–H groups in total. The SMILES string of the molecule is Cc1nc(CSc2sc(Br)nc2C)oc1C(C)(C)C. The van der Waals surface area contributed by atoms with Crippen LogP contribution in [0.1, 0.15) is 43.8 Å². The lowest BCUT2D eigenvalue weighted by Gasteiger charge is -2.14. The van der Waals surface area contributed by atoms with Gasteiger partial charge in [0.15, 0.2) is 3.92 Å². The molecule has 6 heteroatoms. The molecule has 0 atom stereocenters. The molecule has 0 saturated heterocycles. The van der Waals surface area contributed by atoms with Crippen molar-refractivity contribution in [2.45, 2.75) is 50.0 Å². The molecule has 0 aliphatic heterocycles. The number of thiazole rings is 1. The maximum atomic E-state index is 5.89. The second-order valence-electron chi connectivity index (χ2n) is 5.40. The zero-order valence-corrected chi connectivity index (χ0v) is 14.9. The Morgan fingerprint density at radius 1 is 1.21 bits per heavy atom. The van der Waals surface area contributed by atoms with Crippen LogP contribution in [0.2, 0.25) is 0 Å². The summed E-state index contributed by atoms with van der Waals surface area (Å²) in [6.07, 6.45) is 0. The number of hydrogen-bond donors (Lipinski definition) is 0. The Hall–Kier alpha value is -0.330. The maximum Gasteiger partial charge on any atom is 0.205 e. The predicted molar refractivity (Wildman–Crippen MR) is 84.1 cm³/mol. The van der Waals surface area contributed by atoms with E-state index in [4.69, 9.17) is 4.42 Å². The highest BCUT2D eigenvalue weighted by molar-refractivity contribution is 9.11. The minimum Gasteiger partial charge on any atom is -0.444 e. The normalized spacial score (nSPS) is 12.1. The fourth-order valence-electron chi connectivity index (χ4n) is 1.82. The fourth-order valence-corrected chi connectivity index (χ4v) is 4.71. The van der Waals surface area contributed by atoms with Gasteiger partial charge in [-0.2, -0.15) is 0 Å². The fraction of sp³-hybridized carbons (Fsp3) is 0.538. The number of aromatic nitrogens is 2. The molecule has 104 valence electrons. The van der Waals surface area contributed by atoms with Crippen LogP contribution in [0.15, 0.2) is 12.5 Å². The molecular weight excluding hydrogens is 344 g/mol. The Morgan fingerprint density at radius 2 is 1.89 bits per heavy atom. The van der Waals surface area contributed by atoms with Crippen molar-refractivity contribution in [2.75, 3.05) is 0 Å². The maximum absolute atomic E-state index is 5.89. The van der Waals surface area contributed by atoms with Gasteiger partial charge in [0.05, 0.1) is 21.3 Å². The lowest BCUT2D eigenvalue weighted by Crippen LogP contribution is -2.11.